The maximum absolute atomic E-state index is 14.1. The van der Waals surface area contributed by atoms with Gasteiger partial charge in [-0.15, -0.1) is 0 Å². The Bertz CT molecular complexity index is 1410. The van der Waals surface area contributed by atoms with Gasteiger partial charge in [0.05, 0.1) is 24.3 Å². The molecule has 7 nitrogen and oxygen atoms in total. The Labute approximate surface area is 238 Å². The first-order chi connectivity index (χ1) is 19.7. The molecule has 5 rings (SSSR count). The fraction of sp³-hybridized carbons (Fsp3) is 0.375. The zero-order chi connectivity index (χ0) is 29.1. The molecule has 1 amide bonds. The predicted molar refractivity (Wildman–Crippen MR) is 151 cm³/mol. The maximum Gasteiger partial charge on any atom is 0.335 e. The van der Waals surface area contributed by atoms with Gasteiger partial charge in [0.1, 0.15) is 23.1 Å². The number of aromatic carboxylic acids is 1. The van der Waals surface area contributed by atoms with Crippen LogP contribution in [0.4, 0.5) is 14.5 Å². The summed E-state index contributed by atoms with van der Waals surface area (Å²) >= 11 is 0. The van der Waals surface area contributed by atoms with Crippen molar-refractivity contribution in [1.82, 2.24) is 4.90 Å². The molecule has 0 atom stereocenters. The second kappa shape index (κ2) is 11.9. The van der Waals surface area contributed by atoms with Crippen LogP contribution in [0.25, 0.3) is 11.1 Å². The number of piperidine rings is 1. The van der Waals surface area contributed by atoms with Crippen LogP contribution in [0.15, 0.2) is 54.6 Å². The molecule has 2 fully saturated rings. The second-order valence-corrected chi connectivity index (χ2v) is 10.8. The standard InChI is InChI=1S/C32H34F2N2O5/c1-3-40-27-13-21(14-28(41-4-2)30(27)22-5-7-24(33)8-6-22)19-35-11-9-32(10-12-35)18-29(37)36(20-32)26-16-23(31(38)39)15-25(34)17-26/h5-8,13-17H,3-4,9-12,18-20H2,1-2H3,(H,38,39). The number of amides is 1. The quantitative estimate of drug-likeness (QED) is 0.336. The van der Waals surface area contributed by atoms with E-state index in [1.54, 1.807) is 12.1 Å². The summed E-state index contributed by atoms with van der Waals surface area (Å²) in [6.45, 7) is 7.45. The van der Waals surface area contributed by atoms with Gasteiger partial charge < -0.3 is 19.5 Å². The molecule has 3 aromatic carbocycles. The number of carbonyl (C=O) groups excluding carboxylic acids is 1. The number of nitrogens with zero attached hydrogens (tertiary/aromatic N) is 2. The monoisotopic (exact) mass is 564 g/mol. The Morgan fingerprint density at radius 3 is 2.15 bits per heavy atom. The Balaban J connectivity index is 1.31. The number of likely N-dealkylation sites (tertiary alicyclic amines) is 1. The molecule has 0 aromatic heterocycles. The zero-order valence-corrected chi connectivity index (χ0v) is 23.3. The van der Waals surface area contributed by atoms with Gasteiger partial charge in [-0.05, 0) is 98.8 Å². The van der Waals surface area contributed by atoms with Crippen LogP contribution in [0.3, 0.4) is 0 Å². The Hall–Kier alpha value is -3.98. The predicted octanol–water partition coefficient (Wildman–Crippen LogP) is 6.15. The van der Waals surface area contributed by atoms with Gasteiger partial charge in [0.15, 0.2) is 0 Å². The van der Waals surface area contributed by atoms with Crippen molar-refractivity contribution in [2.24, 2.45) is 5.41 Å². The number of anilines is 1. The number of ether oxygens (including phenoxy) is 2. The van der Waals surface area contributed by atoms with Gasteiger partial charge in [-0.1, -0.05) is 12.1 Å². The molecule has 1 spiro atoms. The lowest BCUT2D eigenvalue weighted by Gasteiger charge is -2.39. The van der Waals surface area contributed by atoms with Gasteiger partial charge in [0, 0.05) is 25.2 Å². The van der Waals surface area contributed by atoms with E-state index in [1.807, 2.05) is 26.0 Å². The summed E-state index contributed by atoms with van der Waals surface area (Å²) in [5.41, 5.74) is 2.52. The Morgan fingerprint density at radius 1 is 0.927 bits per heavy atom. The summed E-state index contributed by atoms with van der Waals surface area (Å²) < 4.78 is 39.7. The molecule has 0 saturated carbocycles. The third-order valence-corrected chi connectivity index (χ3v) is 7.94. The van der Waals surface area contributed by atoms with E-state index >= 15 is 0 Å². The first kappa shape index (κ1) is 28.5. The van der Waals surface area contributed by atoms with Crippen LogP contribution in [-0.2, 0) is 11.3 Å². The van der Waals surface area contributed by atoms with E-state index in [0.717, 1.165) is 48.7 Å². The summed E-state index contributed by atoms with van der Waals surface area (Å²) in [6, 6.07) is 13.9. The summed E-state index contributed by atoms with van der Waals surface area (Å²) in [5, 5.41) is 9.31. The minimum atomic E-state index is -1.23. The van der Waals surface area contributed by atoms with Crippen molar-refractivity contribution >= 4 is 17.6 Å². The van der Waals surface area contributed by atoms with Crippen molar-refractivity contribution in [2.45, 2.75) is 39.7 Å². The SMILES string of the molecule is CCOc1cc(CN2CCC3(CC2)CC(=O)N(c2cc(F)cc(C(=O)O)c2)C3)cc(OCC)c1-c1ccc(F)cc1. The fourth-order valence-corrected chi connectivity index (χ4v) is 5.94. The van der Waals surface area contributed by atoms with Gasteiger partial charge in [-0.3, -0.25) is 9.69 Å². The molecule has 2 aliphatic rings. The topological polar surface area (TPSA) is 79.3 Å². The fourth-order valence-electron chi connectivity index (χ4n) is 5.94. The molecule has 0 aliphatic carbocycles. The summed E-state index contributed by atoms with van der Waals surface area (Å²) in [5.74, 6) is -0.961. The average molecular weight is 565 g/mol. The Morgan fingerprint density at radius 2 is 1.56 bits per heavy atom. The highest BCUT2D eigenvalue weighted by Gasteiger charge is 2.45. The zero-order valence-electron chi connectivity index (χ0n) is 23.3. The lowest BCUT2D eigenvalue weighted by molar-refractivity contribution is -0.118. The van der Waals surface area contributed by atoms with E-state index in [-0.39, 0.29) is 22.7 Å². The third-order valence-electron chi connectivity index (χ3n) is 7.94. The molecule has 0 radical (unpaired) electrons. The van der Waals surface area contributed by atoms with Gasteiger partial charge in [0.25, 0.3) is 0 Å². The summed E-state index contributed by atoms with van der Waals surface area (Å²) in [4.78, 5) is 28.2. The molecule has 9 heteroatoms. The van der Waals surface area contributed by atoms with Crippen LogP contribution in [0.1, 0.15) is 49.0 Å². The van der Waals surface area contributed by atoms with E-state index in [2.05, 4.69) is 4.90 Å². The number of carboxylic acids is 1. The highest BCUT2D eigenvalue weighted by Crippen LogP contribution is 2.44. The molecule has 3 aromatic rings. The smallest absolute Gasteiger partial charge is 0.335 e. The van der Waals surface area contributed by atoms with E-state index in [4.69, 9.17) is 9.47 Å². The third kappa shape index (κ3) is 6.20. The summed E-state index contributed by atoms with van der Waals surface area (Å²) in [7, 11) is 0. The average Bonchev–Trinajstić information content (AvgIpc) is 3.26. The van der Waals surface area contributed by atoms with Gasteiger partial charge in [-0.2, -0.15) is 0 Å². The first-order valence-corrected chi connectivity index (χ1v) is 14.0. The van der Waals surface area contributed by atoms with Crippen LogP contribution < -0.4 is 14.4 Å². The highest BCUT2D eigenvalue weighted by atomic mass is 19.1. The van der Waals surface area contributed by atoms with Crippen molar-refractivity contribution in [3.05, 3.63) is 77.4 Å². The molecule has 2 aliphatic heterocycles. The minimum Gasteiger partial charge on any atom is -0.493 e. The number of carbonyl (C=O) groups is 2. The van der Waals surface area contributed by atoms with Crippen molar-refractivity contribution < 1.29 is 33.0 Å². The number of benzene rings is 3. The number of halogens is 2. The largest absolute Gasteiger partial charge is 0.493 e. The lowest BCUT2D eigenvalue weighted by atomic mass is 9.77. The first-order valence-electron chi connectivity index (χ1n) is 14.0. The van der Waals surface area contributed by atoms with Crippen LogP contribution >= 0.6 is 0 Å². The molecule has 1 N–H and O–H groups in total. The van der Waals surface area contributed by atoms with Crippen molar-refractivity contribution in [3.8, 4) is 22.6 Å². The number of carboxylic acid groups (broad SMARTS) is 1. The summed E-state index contributed by atoms with van der Waals surface area (Å²) in [6.07, 6.45) is 1.94. The number of hydrogen-bond acceptors (Lipinski definition) is 5. The molecule has 216 valence electrons. The maximum atomic E-state index is 14.1. The molecular weight excluding hydrogens is 530 g/mol. The van der Waals surface area contributed by atoms with E-state index < -0.39 is 11.8 Å². The van der Waals surface area contributed by atoms with Crippen LogP contribution in [0, 0.1) is 17.0 Å². The minimum absolute atomic E-state index is 0.112. The van der Waals surface area contributed by atoms with Crippen LogP contribution in [0.2, 0.25) is 0 Å². The van der Waals surface area contributed by atoms with Gasteiger partial charge in [0.2, 0.25) is 5.91 Å². The van der Waals surface area contributed by atoms with Gasteiger partial charge >= 0.3 is 5.97 Å². The van der Waals surface area contributed by atoms with Crippen LogP contribution in [-0.4, -0.2) is 54.7 Å². The molecule has 0 unspecified atom stereocenters. The molecule has 0 bridgehead atoms. The molecule has 2 heterocycles. The van der Waals surface area contributed by atoms with E-state index in [9.17, 15) is 23.5 Å². The Kier molecular flexibility index (Phi) is 8.26. The van der Waals surface area contributed by atoms with E-state index in [1.165, 1.54) is 29.2 Å². The number of rotatable bonds is 9. The molecular formula is C32H34F2N2O5. The van der Waals surface area contributed by atoms with Crippen molar-refractivity contribution in [1.29, 1.82) is 0 Å². The van der Waals surface area contributed by atoms with Crippen LogP contribution in [0.5, 0.6) is 11.5 Å². The highest BCUT2D eigenvalue weighted by molar-refractivity contribution is 5.98. The normalized spacial score (nSPS) is 16.8. The second-order valence-electron chi connectivity index (χ2n) is 10.8. The molecule has 2 saturated heterocycles. The van der Waals surface area contributed by atoms with E-state index in [0.29, 0.717) is 49.9 Å². The molecule has 41 heavy (non-hydrogen) atoms. The van der Waals surface area contributed by atoms with Crippen molar-refractivity contribution in [3.63, 3.8) is 0 Å². The van der Waals surface area contributed by atoms with Gasteiger partial charge in [-0.25, -0.2) is 13.6 Å². The van der Waals surface area contributed by atoms with Crippen molar-refractivity contribution in [2.75, 3.05) is 37.7 Å². The lowest BCUT2D eigenvalue weighted by Crippen LogP contribution is -2.41. The number of hydrogen-bond donors (Lipinski definition) is 1.